The number of amides is 2. The van der Waals surface area contributed by atoms with Crippen molar-refractivity contribution in [1.29, 1.82) is 0 Å². The van der Waals surface area contributed by atoms with Gasteiger partial charge in [-0.2, -0.15) is 4.98 Å². The number of carbonyl (C=O) groups excluding carboxylic acids is 2. The van der Waals surface area contributed by atoms with E-state index in [2.05, 4.69) is 10.1 Å². The molecule has 0 bridgehead atoms. The van der Waals surface area contributed by atoms with Gasteiger partial charge in [-0.25, -0.2) is 0 Å². The van der Waals surface area contributed by atoms with Crippen LogP contribution in [0.15, 0.2) is 34.9 Å². The van der Waals surface area contributed by atoms with Gasteiger partial charge < -0.3 is 14.3 Å². The van der Waals surface area contributed by atoms with Gasteiger partial charge in [-0.1, -0.05) is 49.3 Å². The summed E-state index contributed by atoms with van der Waals surface area (Å²) in [6.45, 7) is 6.26. The van der Waals surface area contributed by atoms with Gasteiger partial charge in [0.05, 0.1) is 0 Å². The first-order valence-electron chi connectivity index (χ1n) is 9.49. The zero-order chi connectivity index (χ0) is 19.2. The zero-order valence-electron chi connectivity index (χ0n) is 15.9. The number of piperazine rings is 1. The Kier molecular flexibility index (Phi) is 6.21. The molecule has 0 saturated carbocycles. The molecule has 3 rings (SSSR count). The first kappa shape index (κ1) is 19.1. The van der Waals surface area contributed by atoms with E-state index in [1.165, 1.54) is 0 Å². The number of benzene rings is 1. The van der Waals surface area contributed by atoms with Crippen LogP contribution in [0.3, 0.4) is 0 Å². The second kappa shape index (κ2) is 8.79. The Morgan fingerprint density at radius 1 is 1.07 bits per heavy atom. The number of hydrogen-bond donors (Lipinski definition) is 0. The summed E-state index contributed by atoms with van der Waals surface area (Å²) in [4.78, 5) is 32.5. The molecule has 0 unspecified atom stereocenters. The molecule has 2 amide bonds. The third kappa shape index (κ3) is 4.93. The molecule has 7 nitrogen and oxygen atoms in total. The number of carbonyl (C=O) groups is 2. The number of hydrogen-bond acceptors (Lipinski definition) is 5. The van der Waals surface area contributed by atoms with Crippen LogP contribution in [0.25, 0.3) is 11.4 Å². The first-order chi connectivity index (χ1) is 13.0. The molecule has 1 aromatic carbocycles. The maximum Gasteiger partial charge on any atom is 0.226 e. The molecule has 1 aliphatic heterocycles. The molecule has 27 heavy (non-hydrogen) atoms. The fourth-order valence-electron chi connectivity index (χ4n) is 3.15. The van der Waals surface area contributed by atoms with Crippen LogP contribution in [0, 0.1) is 5.92 Å². The highest BCUT2D eigenvalue weighted by atomic mass is 16.5. The van der Waals surface area contributed by atoms with Crippen LogP contribution in [-0.4, -0.2) is 57.9 Å². The Morgan fingerprint density at radius 2 is 1.74 bits per heavy atom. The maximum atomic E-state index is 12.4. The van der Waals surface area contributed by atoms with Crippen molar-refractivity contribution in [3.05, 3.63) is 36.2 Å². The predicted molar refractivity (Wildman–Crippen MR) is 101 cm³/mol. The maximum absolute atomic E-state index is 12.4. The van der Waals surface area contributed by atoms with Crippen molar-refractivity contribution in [1.82, 2.24) is 19.9 Å². The number of nitrogens with zero attached hydrogens (tertiary/aromatic N) is 4. The Balaban J connectivity index is 1.42. The molecule has 2 heterocycles. The lowest BCUT2D eigenvalue weighted by Gasteiger charge is -2.35. The van der Waals surface area contributed by atoms with E-state index in [1.807, 2.05) is 54.0 Å². The van der Waals surface area contributed by atoms with E-state index in [4.69, 9.17) is 4.52 Å². The fourth-order valence-corrected chi connectivity index (χ4v) is 3.15. The van der Waals surface area contributed by atoms with Crippen molar-refractivity contribution < 1.29 is 14.1 Å². The third-order valence-electron chi connectivity index (χ3n) is 4.72. The minimum atomic E-state index is 0.00225. The Labute approximate surface area is 159 Å². The van der Waals surface area contributed by atoms with E-state index < -0.39 is 0 Å². The van der Waals surface area contributed by atoms with Gasteiger partial charge in [0.1, 0.15) is 0 Å². The molecule has 0 atom stereocenters. The Morgan fingerprint density at radius 3 is 2.41 bits per heavy atom. The van der Waals surface area contributed by atoms with Gasteiger partial charge in [0, 0.05) is 50.5 Å². The van der Waals surface area contributed by atoms with Gasteiger partial charge in [0.2, 0.25) is 23.5 Å². The Bertz CT molecular complexity index is 765. The molecule has 0 N–H and O–H groups in total. The molecule has 1 fully saturated rings. The molecule has 0 aliphatic carbocycles. The molecule has 0 radical (unpaired) electrons. The molecule has 1 saturated heterocycles. The lowest BCUT2D eigenvalue weighted by Crippen LogP contribution is -2.51. The van der Waals surface area contributed by atoms with Gasteiger partial charge in [-0.3, -0.25) is 9.59 Å². The van der Waals surface area contributed by atoms with Crippen molar-refractivity contribution in [2.24, 2.45) is 5.92 Å². The van der Waals surface area contributed by atoms with Crippen molar-refractivity contribution in [3.8, 4) is 11.4 Å². The predicted octanol–water partition coefficient (Wildman–Crippen LogP) is 2.39. The molecule has 1 aliphatic rings. The number of aryl methyl sites for hydroxylation is 1. The van der Waals surface area contributed by atoms with Gasteiger partial charge in [-0.15, -0.1) is 0 Å². The van der Waals surface area contributed by atoms with E-state index in [1.54, 1.807) is 0 Å². The first-order valence-corrected chi connectivity index (χ1v) is 9.49. The highest BCUT2D eigenvalue weighted by Crippen LogP contribution is 2.16. The summed E-state index contributed by atoms with van der Waals surface area (Å²) in [6, 6.07) is 9.66. The lowest BCUT2D eigenvalue weighted by molar-refractivity contribution is -0.141. The topological polar surface area (TPSA) is 79.5 Å². The van der Waals surface area contributed by atoms with E-state index in [9.17, 15) is 9.59 Å². The number of rotatable bonds is 6. The summed E-state index contributed by atoms with van der Waals surface area (Å²) in [7, 11) is 0. The molecule has 144 valence electrons. The van der Waals surface area contributed by atoms with Crippen LogP contribution in [0.1, 0.15) is 32.6 Å². The highest BCUT2D eigenvalue weighted by molar-refractivity contribution is 5.79. The van der Waals surface area contributed by atoms with Gasteiger partial charge in [-0.05, 0) is 6.42 Å². The monoisotopic (exact) mass is 370 g/mol. The quantitative estimate of drug-likeness (QED) is 0.780. The van der Waals surface area contributed by atoms with E-state index >= 15 is 0 Å². The van der Waals surface area contributed by atoms with Crippen molar-refractivity contribution in [2.75, 3.05) is 26.2 Å². The smallest absolute Gasteiger partial charge is 0.226 e. The minimum absolute atomic E-state index is 0.00225. The summed E-state index contributed by atoms with van der Waals surface area (Å²) in [5.74, 6) is 1.40. The largest absolute Gasteiger partial charge is 0.339 e. The fraction of sp³-hybridized carbons (Fsp3) is 0.500. The summed E-state index contributed by atoms with van der Waals surface area (Å²) in [5.41, 5.74) is 0.914. The molecule has 0 spiro atoms. The molecule has 2 aromatic rings. The van der Waals surface area contributed by atoms with Gasteiger partial charge in [0.15, 0.2) is 0 Å². The second-order valence-electron chi connectivity index (χ2n) is 7.09. The minimum Gasteiger partial charge on any atom is -0.339 e. The SMILES string of the molecule is CC(C)C(=O)N1CCN(C(=O)CCCc2nc(-c3ccccc3)no2)CC1. The van der Waals surface area contributed by atoms with Crippen molar-refractivity contribution in [3.63, 3.8) is 0 Å². The number of aromatic nitrogens is 2. The third-order valence-corrected chi connectivity index (χ3v) is 4.72. The lowest BCUT2D eigenvalue weighted by atomic mass is 10.1. The summed E-state index contributed by atoms with van der Waals surface area (Å²) in [6.07, 6.45) is 1.69. The summed E-state index contributed by atoms with van der Waals surface area (Å²) in [5, 5.41) is 3.99. The average molecular weight is 370 g/mol. The van der Waals surface area contributed by atoms with Crippen LogP contribution in [0.2, 0.25) is 0 Å². The second-order valence-corrected chi connectivity index (χ2v) is 7.09. The Hall–Kier alpha value is -2.70. The summed E-state index contributed by atoms with van der Waals surface area (Å²) < 4.78 is 5.28. The molecular weight excluding hydrogens is 344 g/mol. The van der Waals surface area contributed by atoms with Crippen LogP contribution in [0.4, 0.5) is 0 Å². The highest BCUT2D eigenvalue weighted by Gasteiger charge is 2.25. The van der Waals surface area contributed by atoms with Gasteiger partial charge >= 0.3 is 0 Å². The molecular formula is C20H26N4O3. The van der Waals surface area contributed by atoms with E-state index in [0.29, 0.717) is 57.2 Å². The van der Waals surface area contributed by atoms with Crippen molar-refractivity contribution >= 4 is 11.8 Å². The van der Waals surface area contributed by atoms with Crippen LogP contribution in [0.5, 0.6) is 0 Å². The molecule has 7 heteroatoms. The van der Waals surface area contributed by atoms with Crippen molar-refractivity contribution in [2.45, 2.75) is 33.1 Å². The van der Waals surface area contributed by atoms with Crippen LogP contribution < -0.4 is 0 Å². The van der Waals surface area contributed by atoms with Crippen LogP contribution >= 0.6 is 0 Å². The van der Waals surface area contributed by atoms with E-state index in [-0.39, 0.29) is 17.7 Å². The van der Waals surface area contributed by atoms with E-state index in [0.717, 1.165) is 5.56 Å². The molecule has 1 aromatic heterocycles. The van der Waals surface area contributed by atoms with Gasteiger partial charge in [0.25, 0.3) is 0 Å². The van der Waals surface area contributed by atoms with Crippen LogP contribution in [-0.2, 0) is 16.0 Å². The normalized spacial score (nSPS) is 14.6. The average Bonchev–Trinajstić information content (AvgIpc) is 3.17. The zero-order valence-corrected chi connectivity index (χ0v) is 15.9. The summed E-state index contributed by atoms with van der Waals surface area (Å²) >= 11 is 0. The standard InChI is InChI=1S/C20H26N4O3/c1-15(2)20(26)24-13-11-23(12-14-24)18(25)10-6-9-17-21-19(22-27-17)16-7-4-3-5-8-16/h3-5,7-8,15H,6,9-14H2,1-2H3.